The number of benzene rings is 2. The molecule has 37 heavy (non-hydrogen) atoms. The van der Waals surface area contributed by atoms with Crippen LogP contribution in [-0.4, -0.2) is 73.5 Å². The normalized spacial score (nSPS) is 24.0. The zero-order valence-electron chi connectivity index (χ0n) is 21.4. The van der Waals surface area contributed by atoms with Crippen LogP contribution in [0.15, 0.2) is 36.4 Å². The molecular weight excluding hydrogens is 479 g/mol. The molecule has 0 saturated carbocycles. The molecular formula is C29H34F3N3O2. The monoisotopic (exact) mass is 513 g/mol. The molecule has 8 heteroatoms. The molecule has 1 unspecified atom stereocenters. The predicted octanol–water partition coefficient (Wildman–Crippen LogP) is 5.10. The molecule has 2 atom stereocenters. The number of alkyl halides is 1. The van der Waals surface area contributed by atoms with Gasteiger partial charge in [-0.1, -0.05) is 25.1 Å². The SMILES string of the molecule is C[C@@H]1Cc2c([nH]c3ccccc23)C(c2c(F)cc(OCCN3CC(CF)C3)cc2F)N1CC1(C)COC1. The first kappa shape index (κ1) is 24.8. The third-order valence-electron chi connectivity index (χ3n) is 8.24. The van der Waals surface area contributed by atoms with Crippen molar-refractivity contribution >= 4 is 10.9 Å². The number of aromatic nitrogens is 1. The zero-order valence-corrected chi connectivity index (χ0v) is 21.4. The van der Waals surface area contributed by atoms with Crippen molar-refractivity contribution in [1.82, 2.24) is 14.8 Å². The fraction of sp³-hybridized carbons (Fsp3) is 0.517. The Morgan fingerprint density at radius 3 is 2.54 bits per heavy atom. The lowest BCUT2D eigenvalue weighted by atomic mass is 9.82. The molecule has 2 saturated heterocycles. The Hall–Kier alpha value is -2.55. The molecule has 2 fully saturated rings. The van der Waals surface area contributed by atoms with Crippen LogP contribution < -0.4 is 4.74 Å². The van der Waals surface area contributed by atoms with Gasteiger partial charge in [0, 0.05) is 77.8 Å². The highest BCUT2D eigenvalue weighted by Crippen LogP contribution is 2.45. The fourth-order valence-electron chi connectivity index (χ4n) is 6.20. The number of hydrogen-bond acceptors (Lipinski definition) is 4. The van der Waals surface area contributed by atoms with Gasteiger partial charge in [-0.25, -0.2) is 8.78 Å². The highest BCUT2D eigenvalue weighted by atomic mass is 19.1. The van der Waals surface area contributed by atoms with Crippen molar-refractivity contribution in [3.8, 4) is 5.75 Å². The van der Waals surface area contributed by atoms with Crippen molar-refractivity contribution in [1.29, 1.82) is 0 Å². The number of hydrogen-bond donors (Lipinski definition) is 1. The number of likely N-dealkylation sites (tertiary alicyclic amines) is 1. The third kappa shape index (κ3) is 4.53. The number of fused-ring (bicyclic) bond motifs is 3. The third-order valence-corrected chi connectivity index (χ3v) is 8.24. The summed E-state index contributed by atoms with van der Waals surface area (Å²) in [6, 6.07) is 10.2. The zero-order chi connectivity index (χ0) is 25.7. The minimum Gasteiger partial charge on any atom is -0.492 e. The molecule has 2 aromatic carbocycles. The van der Waals surface area contributed by atoms with Crippen LogP contribution >= 0.6 is 0 Å². The molecule has 6 rings (SSSR count). The van der Waals surface area contributed by atoms with E-state index in [9.17, 15) is 4.39 Å². The molecule has 0 spiro atoms. The summed E-state index contributed by atoms with van der Waals surface area (Å²) in [5.41, 5.74) is 2.95. The molecule has 3 aromatic rings. The highest BCUT2D eigenvalue weighted by molar-refractivity contribution is 5.85. The lowest BCUT2D eigenvalue weighted by molar-refractivity contribution is -0.123. The summed E-state index contributed by atoms with van der Waals surface area (Å²) in [6.45, 7) is 8.27. The van der Waals surface area contributed by atoms with Crippen LogP contribution in [-0.2, 0) is 11.2 Å². The number of rotatable bonds is 8. The number of ether oxygens (including phenoxy) is 2. The van der Waals surface area contributed by atoms with E-state index in [1.165, 1.54) is 12.1 Å². The minimum absolute atomic E-state index is 0.0454. The Morgan fingerprint density at radius 1 is 1.14 bits per heavy atom. The summed E-state index contributed by atoms with van der Waals surface area (Å²) >= 11 is 0. The maximum atomic E-state index is 15.8. The van der Waals surface area contributed by atoms with Gasteiger partial charge in [-0.05, 0) is 25.0 Å². The maximum absolute atomic E-state index is 15.8. The average Bonchev–Trinajstić information content (AvgIpc) is 3.19. The molecule has 0 aliphatic carbocycles. The van der Waals surface area contributed by atoms with Gasteiger partial charge in [0.15, 0.2) is 0 Å². The molecule has 198 valence electrons. The first-order valence-corrected chi connectivity index (χ1v) is 13.2. The van der Waals surface area contributed by atoms with Crippen LogP contribution in [0.25, 0.3) is 10.9 Å². The van der Waals surface area contributed by atoms with E-state index in [-0.39, 0.29) is 35.4 Å². The van der Waals surface area contributed by atoms with Crippen LogP contribution in [0, 0.1) is 23.0 Å². The van der Waals surface area contributed by atoms with E-state index in [0.717, 1.165) is 28.6 Å². The largest absolute Gasteiger partial charge is 0.492 e. The van der Waals surface area contributed by atoms with Crippen LogP contribution in [0.1, 0.15) is 36.7 Å². The highest BCUT2D eigenvalue weighted by Gasteiger charge is 2.44. The van der Waals surface area contributed by atoms with Crippen molar-refractivity contribution in [2.75, 3.05) is 52.7 Å². The topological polar surface area (TPSA) is 40.7 Å². The van der Waals surface area contributed by atoms with Gasteiger partial charge in [0.1, 0.15) is 24.0 Å². The van der Waals surface area contributed by atoms with Gasteiger partial charge in [-0.2, -0.15) is 0 Å². The molecule has 3 aliphatic heterocycles. The van der Waals surface area contributed by atoms with Crippen LogP contribution in [0.5, 0.6) is 5.75 Å². The van der Waals surface area contributed by atoms with Gasteiger partial charge < -0.3 is 14.5 Å². The second kappa shape index (κ2) is 9.64. The van der Waals surface area contributed by atoms with Gasteiger partial charge in [0.05, 0.1) is 25.9 Å². The van der Waals surface area contributed by atoms with E-state index in [1.54, 1.807) is 0 Å². The van der Waals surface area contributed by atoms with Crippen LogP contribution in [0.4, 0.5) is 13.2 Å². The van der Waals surface area contributed by atoms with Crippen LogP contribution in [0.2, 0.25) is 0 Å². The standard InChI is InChI=1S/C29H34F3N3O2/c1-18-9-22-21-5-3-4-6-25(21)33-27(22)28(35(18)15-29(2)16-36-17-29)26-23(31)10-20(11-24(26)32)37-8-7-34-13-19(12-30)14-34/h3-6,10-11,18-19,28,33H,7-9,12-17H2,1-2H3/t18-,28?/m1/s1. The Bertz CT molecular complexity index is 1260. The molecule has 0 amide bonds. The number of H-pyrrole nitrogens is 1. The van der Waals surface area contributed by atoms with Crippen molar-refractivity contribution < 1.29 is 22.6 Å². The van der Waals surface area contributed by atoms with E-state index >= 15 is 8.78 Å². The molecule has 3 aliphatic rings. The molecule has 5 nitrogen and oxygen atoms in total. The molecule has 0 bridgehead atoms. The summed E-state index contributed by atoms with van der Waals surface area (Å²) in [5, 5.41) is 1.11. The summed E-state index contributed by atoms with van der Waals surface area (Å²) in [7, 11) is 0. The van der Waals surface area contributed by atoms with Gasteiger partial charge in [0.25, 0.3) is 0 Å². The van der Waals surface area contributed by atoms with E-state index in [2.05, 4.69) is 34.7 Å². The van der Waals surface area contributed by atoms with Gasteiger partial charge in [0.2, 0.25) is 0 Å². The summed E-state index contributed by atoms with van der Waals surface area (Å²) in [4.78, 5) is 7.81. The number of nitrogens with zero attached hydrogens (tertiary/aromatic N) is 2. The Balaban J connectivity index is 1.32. The Labute approximate surface area is 215 Å². The first-order chi connectivity index (χ1) is 17.8. The summed E-state index contributed by atoms with van der Waals surface area (Å²) < 4.78 is 55.4. The Kier molecular flexibility index (Phi) is 6.45. The molecule has 4 heterocycles. The number of para-hydroxylation sites is 1. The lowest BCUT2D eigenvalue weighted by Gasteiger charge is -2.48. The van der Waals surface area contributed by atoms with Gasteiger partial charge in [-0.15, -0.1) is 0 Å². The Morgan fingerprint density at radius 2 is 1.86 bits per heavy atom. The minimum atomic E-state index is -0.611. The van der Waals surface area contributed by atoms with Crippen molar-refractivity contribution in [3.05, 3.63) is 64.9 Å². The average molecular weight is 514 g/mol. The van der Waals surface area contributed by atoms with Crippen molar-refractivity contribution in [3.63, 3.8) is 0 Å². The quantitative estimate of drug-likeness (QED) is 0.455. The number of aromatic amines is 1. The smallest absolute Gasteiger partial charge is 0.135 e. The number of halogens is 3. The second-order valence-corrected chi connectivity index (χ2v) is 11.4. The van der Waals surface area contributed by atoms with E-state index in [4.69, 9.17) is 9.47 Å². The molecule has 1 N–H and O–H groups in total. The number of nitrogens with one attached hydrogen (secondary N) is 1. The lowest BCUT2D eigenvalue weighted by Crippen LogP contribution is -2.54. The second-order valence-electron chi connectivity index (χ2n) is 11.4. The predicted molar refractivity (Wildman–Crippen MR) is 137 cm³/mol. The maximum Gasteiger partial charge on any atom is 0.135 e. The molecule has 1 aromatic heterocycles. The first-order valence-electron chi connectivity index (χ1n) is 13.2. The van der Waals surface area contributed by atoms with E-state index in [0.29, 0.717) is 46.0 Å². The molecule has 0 radical (unpaired) electrons. The van der Waals surface area contributed by atoms with Crippen LogP contribution in [0.3, 0.4) is 0 Å². The van der Waals surface area contributed by atoms with Crippen molar-refractivity contribution in [2.45, 2.75) is 32.4 Å². The fourth-order valence-corrected chi connectivity index (χ4v) is 6.20. The summed E-state index contributed by atoms with van der Waals surface area (Å²) in [6.07, 6.45) is 0.803. The van der Waals surface area contributed by atoms with Gasteiger partial charge >= 0.3 is 0 Å². The van der Waals surface area contributed by atoms with Crippen molar-refractivity contribution in [2.24, 2.45) is 11.3 Å². The van der Waals surface area contributed by atoms with E-state index in [1.807, 2.05) is 18.2 Å². The van der Waals surface area contributed by atoms with Gasteiger partial charge in [-0.3, -0.25) is 14.2 Å². The van der Waals surface area contributed by atoms with E-state index < -0.39 is 17.7 Å². The summed E-state index contributed by atoms with van der Waals surface area (Å²) in [5.74, 6) is -0.952.